The molecule has 1 fully saturated rings. The van der Waals surface area contributed by atoms with E-state index in [1.165, 1.54) is 5.56 Å². The Labute approximate surface area is 178 Å². The number of hydrogen-bond acceptors (Lipinski definition) is 4. The van der Waals surface area contributed by atoms with Crippen molar-refractivity contribution < 1.29 is 4.79 Å². The number of aromatic nitrogens is 2. The third kappa shape index (κ3) is 4.96. The van der Waals surface area contributed by atoms with Crippen LogP contribution >= 0.6 is 0 Å². The lowest BCUT2D eigenvalue weighted by molar-refractivity contribution is -0.121. The van der Waals surface area contributed by atoms with Gasteiger partial charge in [0.2, 0.25) is 5.91 Å². The van der Waals surface area contributed by atoms with Crippen LogP contribution in [0.2, 0.25) is 0 Å². The van der Waals surface area contributed by atoms with Gasteiger partial charge >= 0.3 is 0 Å². The molecular weight excluding hydrogens is 372 g/mol. The summed E-state index contributed by atoms with van der Waals surface area (Å²) in [4.78, 5) is 24.5. The van der Waals surface area contributed by atoms with Crippen LogP contribution in [0.1, 0.15) is 56.8 Å². The van der Waals surface area contributed by atoms with Crippen LogP contribution in [-0.2, 0) is 11.3 Å². The van der Waals surface area contributed by atoms with Crippen LogP contribution in [0.25, 0.3) is 10.9 Å². The Morgan fingerprint density at radius 1 is 1.10 bits per heavy atom. The topological polar surface area (TPSA) is 58.1 Å². The van der Waals surface area contributed by atoms with E-state index >= 15 is 0 Å². The largest absolute Gasteiger partial charge is 0.354 e. The Morgan fingerprint density at radius 2 is 1.83 bits per heavy atom. The van der Waals surface area contributed by atoms with E-state index in [1.807, 2.05) is 25.1 Å². The summed E-state index contributed by atoms with van der Waals surface area (Å²) in [6, 6.07) is 18.8. The van der Waals surface area contributed by atoms with Crippen LogP contribution in [-0.4, -0.2) is 28.5 Å². The molecule has 156 valence electrons. The number of para-hydroxylation sites is 1. The Bertz CT molecular complexity index is 1000. The Balaban J connectivity index is 1.65. The molecule has 1 aliphatic carbocycles. The number of carbonyl (C=O) groups is 1. The van der Waals surface area contributed by atoms with Crippen LogP contribution < -0.4 is 10.2 Å². The van der Waals surface area contributed by atoms with E-state index in [2.05, 4.69) is 53.5 Å². The van der Waals surface area contributed by atoms with Crippen LogP contribution in [0.3, 0.4) is 0 Å². The second-order valence-electron chi connectivity index (χ2n) is 8.23. The van der Waals surface area contributed by atoms with E-state index in [0.29, 0.717) is 25.4 Å². The number of rotatable bonds is 9. The molecule has 2 aromatic carbocycles. The highest BCUT2D eigenvalue weighted by atomic mass is 16.1. The van der Waals surface area contributed by atoms with E-state index in [1.54, 1.807) is 0 Å². The number of fused-ring (bicyclic) bond motifs is 1. The summed E-state index contributed by atoms with van der Waals surface area (Å²) in [5, 5.41) is 4.12. The van der Waals surface area contributed by atoms with Crippen molar-refractivity contribution in [1.82, 2.24) is 15.3 Å². The van der Waals surface area contributed by atoms with Crippen molar-refractivity contribution >= 4 is 22.6 Å². The Hall–Kier alpha value is -2.95. The number of hydrogen-bond donors (Lipinski definition) is 1. The summed E-state index contributed by atoms with van der Waals surface area (Å²) in [7, 11) is 0. The normalized spacial score (nSPS) is 14.5. The molecule has 1 aliphatic rings. The number of nitrogens with zero attached hydrogens (tertiary/aromatic N) is 3. The number of nitrogens with one attached hydrogen (secondary N) is 1. The third-order valence-corrected chi connectivity index (χ3v) is 5.69. The summed E-state index contributed by atoms with van der Waals surface area (Å²) in [6.45, 7) is 5.45. The van der Waals surface area contributed by atoms with Crippen molar-refractivity contribution in [3.05, 3.63) is 66.0 Å². The van der Waals surface area contributed by atoms with Gasteiger partial charge in [-0.25, -0.2) is 9.97 Å². The second kappa shape index (κ2) is 9.24. The first-order chi connectivity index (χ1) is 14.6. The number of amides is 1. The molecule has 5 nitrogen and oxygen atoms in total. The maximum atomic E-state index is 12.5. The van der Waals surface area contributed by atoms with Gasteiger partial charge in [0, 0.05) is 36.9 Å². The van der Waals surface area contributed by atoms with Gasteiger partial charge in [0.1, 0.15) is 11.6 Å². The molecule has 1 aromatic heterocycles. The van der Waals surface area contributed by atoms with Gasteiger partial charge in [-0.05, 0) is 43.9 Å². The van der Waals surface area contributed by atoms with Crippen molar-refractivity contribution in [2.45, 2.75) is 58.0 Å². The Morgan fingerprint density at radius 3 is 2.57 bits per heavy atom. The predicted molar refractivity (Wildman–Crippen MR) is 122 cm³/mol. The SMILES string of the molecule is CC[C@H](C)NC(=O)CCN(Cc1ccccc1)c1nc(C2CC2)nc2ccccc12. The van der Waals surface area contributed by atoms with Crippen molar-refractivity contribution in [2.75, 3.05) is 11.4 Å². The minimum atomic E-state index is 0.0863. The molecule has 5 heteroatoms. The molecule has 4 rings (SSSR count). The minimum Gasteiger partial charge on any atom is -0.354 e. The summed E-state index contributed by atoms with van der Waals surface area (Å²) < 4.78 is 0. The second-order valence-corrected chi connectivity index (χ2v) is 8.23. The molecule has 1 amide bonds. The van der Waals surface area contributed by atoms with E-state index < -0.39 is 0 Å². The van der Waals surface area contributed by atoms with E-state index in [4.69, 9.17) is 9.97 Å². The number of benzene rings is 2. The van der Waals surface area contributed by atoms with Gasteiger partial charge in [-0.3, -0.25) is 4.79 Å². The summed E-state index contributed by atoms with van der Waals surface area (Å²) >= 11 is 0. The monoisotopic (exact) mass is 402 g/mol. The maximum absolute atomic E-state index is 12.5. The molecule has 1 atom stereocenters. The van der Waals surface area contributed by atoms with Crippen molar-refractivity contribution in [2.24, 2.45) is 0 Å². The van der Waals surface area contributed by atoms with E-state index in [9.17, 15) is 4.79 Å². The standard InChI is InChI=1S/C25H30N4O/c1-3-18(2)26-23(30)15-16-29(17-19-9-5-4-6-10-19)25-21-11-7-8-12-22(21)27-24(28-25)20-13-14-20/h4-12,18,20H,3,13-17H2,1-2H3,(H,26,30)/t18-/m0/s1. The first-order valence-corrected chi connectivity index (χ1v) is 11.0. The van der Waals surface area contributed by atoms with Crippen LogP contribution in [0, 0.1) is 0 Å². The fraction of sp³-hybridized carbons (Fsp3) is 0.400. The molecule has 0 spiro atoms. The van der Waals surface area contributed by atoms with Crippen molar-refractivity contribution in [3.8, 4) is 0 Å². The minimum absolute atomic E-state index is 0.0863. The molecule has 1 N–H and O–H groups in total. The first kappa shape index (κ1) is 20.3. The molecule has 0 aliphatic heterocycles. The molecule has 1 saturated carbocycles. The van der Waals surface area contributed by atoms with Crippen LogP contribution in [0.5, 0.6) is 0 Å². The fourth-order valence-corrected chi connectivity index (χ4v) is 3.59. The van der Waals surface area contributed by atoms with E-state index in [0.717, 1.165) is 41.8 Å². The van der Waals surface area contributed by atoms with Crippen molar-refractivity contribution in [1.29, 1.82) is 0 Å². The fourth-order valence-electron chi connectivity index (χ4n) is 3.59. The number of carbonyl (C=O) groups excluding carboxylic acids is 1. The average Bonchev–Trinajstić information content (AvgIpc) is 3.62. The molecule has 30 heavy (non-hydrogen) atoms. The number of anilines is 1. The molecule has 0 bridgehead atoms. The maximum Gasteiger partial charge on any atom is 0.221 e. The van der Waals surface area contributed by atoms with Crippen molar-refractivity contribution in [3.63, 3.8) is 0 Å². The third-order valence-electron chi connectivity index (χ3n) is 5.69. The van der Waals surface area contributed by atoms with Gasteiger partial charge in [0.25, 0.3) is 0 Å². The highest BCUT2D eigenvalue weighted by molar-refractivity contribution is 5.90. The predicted octanol–water partition coefficient (Wildman–Crippen LogP) is 4.82. The smallest absolute Gasteiger partial charge is 0.221 e. The average molecular weight is 403 g/mol. The van der Waals surface area contributed by atoms with Gasteiger partial charge in [0.15, 0.2) is 0 Å². The van der Waals surface area contributed by atoms with Gasteiger partial charge in [-0.15, -0.1) is 0 Å². The Kier molecular flexibility index (Phi) is 6.26. The van der Waals surface area contributed by atoms with Crippen LogP contribution in [0.4, 0.5) is 5.82 Å². The zero-order chi connectivity index (χ0) is 20.9. The quantitative estimate of drug-likeness (QED) is 0.558. The zero-order valence-corrected chi connectivity index (χ0v) is 17.8. The molecule has 0 unspecified atom stereocenters. The van der Waals surface area contributed by atoms with Gasteiger partial charge in [-0.2, -0.15) is 0 Å². The lowest BCUT2D eigenvalue weighted by Gasteiger charge is -2.26. The lowest BCUT2D eigenvalue weighted by atomic mass is 10.1. The summed E-state index contributed by atoms with van der Waals surface area (Å²) in [5.41, 5.74) is 2.18. The van der Waals surface area contributed by atoms with Crippen LogP contribution in [0.15, 0.2) is 54.6 Å². The molecule has 1 heterocycles. The van der Waals surface area contributed by atoms with E-state index in [-0.39, 0.29) is 11.9 Å². The van der Waals surface area contributed by atoms with Gasteiger partial charge in [0.05, 0.1) is 5.52 Å². The summed E-state index contributed by atoms with van der Waals surface area (Å²) in [5.74, 6) is 2.43. The molecule has 0 saturated heterocycles. The summed E-state index contributed by atoms with van der Waals surface area (Å²) in [6.07, 6.45) is 3.69. The molecule has 0 radical (unpaired) electrons. The van der Waals surface area contributed by atoms with Gasteiger partial charge < -0.3 is 10.2 Å². The highest BCUT2D eigenvalue weighted by Crippen LogP contribution is 2.40. The molecule has 3 aromatic rings. The first-order valence-electron chi connectivity index (χ1n) is 11.0. The van der Waals surface area contributed by atoms with Gasteiger partial charge in [-0.1, -0.05) is 49.4 Å². The molecular formula is C25H30N4O. The zero-order valence-electron chi connectivity index (χ0n) is 17.8. The highest BCUT2D eigenvalue weighted by Gasteiger charge is 2.28. The lowest BCUT2D eigenvalue weighted by Crippen LogP contribution is -2.35.